The van der Waals surface area contributed by atoms with E-state index in [1.54, 1.807) is 22.9 Å². The van der Waals surface area contributed by atoms with E-state index in [2.05, 4.69) is 10.3 Å². The van der Waals surface area contributed by atoms with Gasteiger partial charge in [0.1, 0.15) is 0 Å². The number of fused-ring (bicyclic) bond motifs is 1. The summed E-state index contributed by atoms with van der Waals surface area (Å²) in [5.74, 6) is 1.42. The summed E-state index contributed by atoms with van der Waals surface area (Å²) in [5.41, 5.74) is 1.86. The van der Waals surface area contributed by atoms with Crippen LogP contribution in [0.1, 0.15) is 5.56 Å². The SMILES string of the molecule is Cc1ccn2c(=O)cc(Nc3ccccn3)[n+](C)c2c1. The predicted molar refractivity (Wildman–Crippen MR) is 77.1 cm³/mol. The molecule has 0 aliphatic rings. The van der Waals surface area contributed by atoms with Crippen LogP contribution in [0.5, 0.6) is 0 Å². The van der Waals surface area contributed by atoms with Gasteiger partial charge >= 0.3 is 5.56 Å². The predicted octanol–water partition coefficient (Wildman–Crippen LogP) is 1.57. The second-order valence-electron chi connectivity index (χ2n) is 4.70. The average Bonchev–Trinajstić information content (AvgIpc) is 2.45. The van der Waals surface area contributed by atoms with Crippen molar-refractivity contribution in [2.45, 2.75) is 6.92 Å². The van der Waals surface area contributed by atoms with E-state index < -0.39 is 0 Å². The van der Waals surface area contributed by atoms with E-state index in [0.29, 0.717) is 11.6 Å². The van der Waals surface area contributed by atoms with E-state index in [1.807, 2.05) is 48.9 Å². The Balaban J connectivity index is 2.17. The lowest BCUT2D eigenvalue weighted by Crippen LogP contribution is -2.38. The van der Waals surface area contributed by atoms with Crippen molar-refractivity contribution < 1.29 is 4.57 Å². The summed E-state index contributed by atoms with van der Waals surface area (Å²) in [6, 6.07) is 11.1. The molecule has 0 spiro atoms. The lowest BCUT2D eigenvalue weighted by molar-refractivity contribution is -0.633. The zero-order valence-corrected chi connectivity index (χ0v) is 11.4. The van der Waals surface area contributed by atoms with Crippen LogP contribution in [0.3, 0.4) is 0 Å². The van der Waals surface area contributed by atoms with Crippen molar-refractivity contribution in [1.82, 2.24) is 9.38 Å². The van der Waals surface area contributed by atoms with Gasteiger partial charge in [0.05, 0.1) is 19.3 Å². The second-order valence-corrected chi connectivity index (χ2v) is 4.70. The van der Waals surface area contributed by atoms with Gasteiger partial charge in [-0.25, -0.2) is 9.55 Å². The molecule has 3 heterocycles. The number of nitrogens with zero attached hydrogens (tertiary/aromatic N) is 3. The average molecular weight is 267 g/mol. The molecule has 0 aromatic carbocycles. The minimum absolute atomic E-state index is 0.0727. The zero-order valence-electron chi connectivity index (χ0n) is 11.4. The van der Waals surface area contributed by atoms with Crippen LogP contribution in [-0.2, 0) is 7.05 Å². The Labute approximate surface area is 116 Å². The summed E-state index contributed by atoms with van der Waals surface area (Å²) in [4.78, 5) is 16.4. The molecular weight excluding hydrogens is 252 g/mol. The molecule has 0 bridgehead atoms. The van der Waals surface area contributed by atoms with Crippen molar-refractivity contribution in [1.29, 1.82) is 0 Å². The van der Waals surface area contributed by atoms with Crippen LogP contribution in [0.25, 0.3) is 5.65 Å². The second kappa shape index (κ2) is 4.77. The molecule has 0 saturated heterocycles. The lowest BCUT2D eigenvalue weighted by Gasteiger charge is -2.07. The summed E-state index contributed by atoms with van der Waals surface area (Å²) in [6.07, 6.45) is 3.50. The topological polar surface area (TPSA) is 50.3 Å². The zero-order chi connectivity index (χ0) is 14.1. The molecule has 0 atom stereocenters. The Morgan fingerprint density at radius 3 is 2.85 bits per heavy atom. The van der Waals surface area contributed by atoms with Gasteiger partial charge in [0.2, 0.25) is 11.5 Å². The van der Waals surface area contributed by atoms with E-state index in [0.717, 1.165) is 11.2 Å². The van der Waals surface area contributed by atoms with Gasteiger partial charge in [-0.1, -0.05) is 6.07 Å². The van der Waals surface area contributed by atoms with Crippen LogP contribution >= 0.6 is 0 Å². The maximum absolute atomic E-state index is 12.1. The maximum Gasteiger partial charge on any atom is 0.317 e. The summed E-state index contributed by atoms with van der Waals surface area (Å²) in [5, 5.41) is 3.16. The molecule has 3 aromatic heterocycles. The van der Waals surface area contributed by atoms with Crippen LogP contribution in [0.4, 0.5) is 11.6 Å². The van der Waals surface area contributed by atoms with Crippen LogP contribution in [0.15, 0.2) is 53.6 Å². The number of nitrogens with one attached hydrogen (secondary N) is 1. The fourth-order valence-corrected chi connectivity index (χ4v) is 2.13. The van der Waals surface area contributed by atoms with E-state index in [1.165, 1.54) is 0 Å². The van der Waals surface area contributed by atoms with Gasteiger partial charge < -0.3 is 0 Å². The molecule has 5 heteroatoms. The third-order valence-electron chi connectivity index (χ3n) is 3.21. The van der Waals surface area contributed by atoms with Gasteiger partial charge in [0.25, 0.3) is 0 Å². The molecule has 0 aliphatic carbocycles. The Morgan fingerprint density at radius 1 is 1.25 bits per heavy atom. The molecule has 20 heavy (non-hydrogen) atoms. The molecule has 0 amide bonds. The van der Waals surface area contributed by atoms with E-state index >= 15 is 0 Å². The normalized spacial score (nSPS) is 10.7. The Kier molecular flexibility index (Phi) is 2.95. The molecule has 0 fully saturated rings. The molecule has 5 nitrogen and oxygen atoms in total. The van der Waals surface area contributed by atoms with Crippen molar-refractivity contribution in [3.05, 3.63) is 64.7 Å². The van der Waals surface area contributed by atoms with Gasteiger partial charge in [-0.3, -0.25) is 10.1 Å². The lowest BCUT2D eigenvalue weighted by atomic mass is 10.3. The maximum atomic E-state index is 12.1. The van der Waals surface area contributed by atoms with Crippen LogP contribution in [0, 0.1) is 6.92 Å². The smallest absolute Gasteiger partial charge is 0.257 e. The largest absolute Gasteiger partial charge is 0.317 e. The third-order valence-corrected chi connectivity index (χ3v) is 3.21. The van der Waals surface area contributed by atoms with Gasteiger partial charge in [0.15, 0.2) is 5.82 Å². The fraction of sp³-hybridized carbons (Fsp3) is 0.133. The minimum atomic E-state index is -0.0727. The first-order valence-electron chi connectivity index (χ1n) is 6.35. The summed E-state index contributed by atoms with van der Waals surface area (Å²) in [6.45, 7) is 2.00. The number of anilines is 2. The van der Waals surface area contributed by atoms with Crippen molar-refractivity contribution in [3.8, 4) is 0 Å². The molecular formula is C15H15N4O+. The standard InChI is InChI=1S/C15H14N4O/c1-11-6-8-19-14(9-11)18(2)13(10-15(19)20)17-12-5-3-4-7-16-12/h3-10H,1-2H3/p+1. The molecule has 0 unspecified atom stereocenters. The van der Waals surface area contributed by atoms with Crippen LogP contribution in [0.2, 0.25) is 0 Å². The highest BCUT2D eigenvalue weighted by atomic mass is 16.1. The highest BCUT2D eigenvalue weighted by Crippen LogP contribution is 2.09. The quantitative estimate of drug-likeness (QED) is 0.717. The van der Waals surface area contributed by atoms with Crippen molar-refractivity contribution in [2.24, 2.45) is 7.05 Å². The van der Waals surface area contributed by atoms with Gasteiger partial charge in [0, 0.05) is 12.3 Å². The molecule has 1 N–H and O–H groups in total. The molecule has 0 aliphatic heterocycles. The van der Waals surface area contributed by atoms with Gasteiger partial charge in [-0.05, 0) is 30.7 Å². The minimum Gasteiger partial charge on any atom is -0.257 e. The van der Waals surface area contributed by atoms with Crippen molar-refractivity contribution in [2.75, 3.05) is 5.32 Å². The number of pyridine rings is 2. The van der Waals surface area contributed by atoms with Crippen LogP contribution < -0.4 is 15.4 Å². The molecule has 100 valence electrons. The first-order chi connectivity index (χ1) is 9.65. The van der Waals surface area contributed by atoms with E-state index in [4.69, 9.17) is 0 Å². The number of hydrogen-bond donors (Lipinski definition) is 1. The first kappa shape index (κ1) is 12.3. The fourth-order valence-electron chi connectivity index (χ4n) is 2.13. The van der Waals surface area contributed by atoms with Crippen molar-refractivity contribution in [3.63, 3.8) is 0 Å². The van der Waals surface area contributed by atoms with Gasteiger partial charge in [-0.15, -0.1) is 0 Å². The van der Waals surface area contributed by atoms with Crippen molar-refractivity contribution >= 4 is 17.3 Å². The third kappa shape index (κ3) is 2.14. The van der Waals surface area contributed by atoms with E-state index in [-0.39, 0.29) is 5.56 Å². The van der Waals surface area contributed by atoms with Gasteiger partial charge in [-0.2, -0.15) is 4.40 Å². The summed E-state index contributed by atoms with van der Waals surface area (Å²) in [7, 11) is 1.92. The Morgan fingerprint density at radius 2 is 2.10 bits per heavy atom. The number of aromatic nitrogens is 3. The Bertz CT molecular complexity index is 824. The first-order valence-corrected chi connectivity index (χ1v) is 6.35. The highest BCUT2D eigenvalue weighted by molar-refractivity contribution is 5.50. The number of rotatable bonds is 2. The number of aryl methyl sites for hydroxylation is 2. The number of hydrogen-bond acceptors (Lipinski definition) is 3. The Hall–Kier alpha value is -2.69. The molecule has 0 radical (unpaired) electrons. The van der Waals surface area contributed by atoms with Crippen LogP contribution in [-0.4, -0.2) is 9.38 Å². The highest BCUT2D eigenvalue weighted by Gasteiger charge is 2.13. The molecule has 0 saturated carbocycles. The monoisotopic (exact) mass is 267 g/mol. The molecule has 3 rings (SSSR count). The summed E-state index contributed by atoms with van der Waals surface area (Å²) >= 11 is 0. The molecule has 3 aromatic rings. The van der Waals surface area contributed by atoms with E-state index in [9.17, 15) is 4.79 Å². The summed E-state index contributed by atoms with van der Waals surface area (Å²) < 4.78 is 3.56.